The molecule has 0 heterocycles. The maximum Gasteiger partial charge on any atom is 0.321 e. The average Bonchev–Trinajstić information content (AvgIpc) is 2.45. The van der Waals surface area contributed by atoms with Crippen LogP contribution >= 0.6 is 0 Å². The molecule has 0 aliphatic heterocycles. The number of carboxylic acid groups (broad SMARTS) is 1. The van der Waals surface area contributed by atoms with E-state index in [9.17, 15) is 9.59 Å². The van der Waals surface area contributed by atoms with Crippen LogP contribution in [0.15, 0.2) is 18.2 Å². The lowest BCUT2D eigenvalue weighted by Gasteiger charge is -2.18. The minimum absolute atomic E-state index is 0.0106. The predicted octanol–water partition coefficient (Wildman–Crippen LogP) is 2.42. The van der Waals surface area contributed by atoms with Crippen molar-refractivity contribution >= 4 is 17.7 Å². The molecule has 7 nitrogen and oxygen atoms in total. The van der Waals surface area contributed by atoms with Gasteiger partial charge in [-0.2, -0.15) is 0 Å². The topological polar surface area (TPSA) is 88.1 Å². The smallest absolute Gasteiger partial charge is 0.321 e. The summed E-state index contributed by atoms with van der Waals surface area (Å²) in [5, 5.41) is 11.3. The van der Waals surface area contributed by atoms with Crippen LogP contribution in [0, 0.1) is 0 Å². The Morgan fingerprint density at radius 2 is 2.00 bits per heavy atom. The molecule has 0 radical (unpaired) electrons. The SMILES string of the molecule is COc1cc(NC(=O)N(C)CCC(=O)O)ccc1OC(C)C. The molecule has 1 rings (SSSR count). The van der Waals surface area contributed by atoms with Gasteiger partial charge in [0.05, 0.1) is 19.6 Å². The summed E-state index contributed by atoms with van der Waals surface area (Å²) >= 11 is 0. The maximum absolute atomic E-state index is 11.9. The van der Waals surface area contributed by atoms with Crippen molar-refractivity contribution in [1.82, 2.24) is 4.90 Å². The number of benzene rings is 1. The van der Waals surface area contributed by atoms with Crippen LogP contribution in [-0.2, 0) is 4.79 Å². The van der Waals surface area contributed by atoms with E-state index in [4.69, 9.17) is 14.6 Å². The van der Waals surface area contributed by atoms with E-state index in [1.54, 1.807) is 18.2 Å². The van der Waals surface area contributed by atoms with Gasteiger partial charge in [0, 0.05) is 25.3 Å². The monoisotopic (exact) mass is 310 g/mol. The van der Waals surface area contributed by atoms with Gasteiger partial charge in [0.15, 0.2) is 11.5 Å². The molecule has 0 aliphatic carbocycles. The molecule has 0 aliphatic rings. The van der Waals surface area contributed by atoms with Gasteiger partial charge in [-0.1, -0.05) is 0 Å². The fourth-order valence-electron chi connectivity index (χ4n) is 1.68. The Morgan fingerprint density at radius 3 is 2.55 bits per heavy atom. The summed E-state index contributed by atoms with van der Waals surface area (Å²) < 4.78 is 10.8. The van der Waals surface area contributed by atoms with Crippen LogP contribution in [-0.4, -0.2) is 48.8 Å². The highest BCUT2D eigenvalue weighted by Crippen LogP contribution is 2.31. The number of hydrogen-bond acceptors (Lipinski definition) is 4. The highest BCUT2D eigenvalue weighted by molar-refractivity contribution is 5.89. The van der Waals surface area contributed by atoms with Crippen molar-refractivity contribution in [3.63, 3.8) is 0 Å². The molecular formula is C15H22N2O5. The molecule has 0 atom stereocenters. The zero-order chi connectivity index (χ0) is 16.7. The van der Waals surface area contributed by atoms with Crippen molar-refractivity contribution in [2.24, 2.45) is 0 Å². The highest BCUT2D eigenvalue weighted by Gasteiger charge is 2.12. The Balaban J connectivity index is 2.73. The third-order valence-electron chi connectivity index (χ3n) is 2.79. The fourth-order valence-corrected chi connectivity index (χ4v) is 1.68. The average molecular weight is 310 g/mol. The van der Waals surface area contributed by atoms with Crippen molar-refractivity contribution in [1.29, 1.82) is 0 Å². The van der Waals surface area contributed by atoms with Gasteiger partial charge in [0.25, 0.3) is 0 Å². The first-order valence-corrected chi connectivity index (χ1v) is 6.92. The summed E-state index contributed by atoms with van der Waals surface area (Å²) in [6, 6.07) is 4.68. The van der Waals surface area contributed by atoms with Gasteiger partial charge in [-0.05, 0) is 26.0 Å². The summed E-state index contributed by atoms with van der Waals surface area (Å²) in [5.74, 6) is 0.158. The number of methoxy groups -OCH3 is 1. The lowest BCUT2D eigenvalue weighted by atomic mass is 10.2. The van der Waals surface area contributed by atoms with Crippen LogP contribution in [0.1, 0.15) is 20.3 Å². The summed E-state index contributed by atoms with van der Waals surface area (Å²) in [4.78, 5) is 23.7. The van der Waals surface area contributed by atoms with E-state index >= 15 is 0 Å². The third kappa shape index (κ3) is 5.51. The number of aliphatic carboxylic acids is 1. The van der Waals surface area contributed by atoms with E-state index in [0.29, 0.717) is 17.2 Å². The first kappa shape index (κ1) is 17.6. The molecule has 0 bridgehead atoms. The maximum atomic E-state index is 11.9. The molecule has 0 unspecified atom stereocenters. The molecule has 0 fully saturated rings. The van der Waals surface area contributed by atoms with Crippen LogP contribution in [0.3, 0.4) is 0 Å². The lowest BCUT2D eigenvalue weighted by molar-refractivity contribution is -0.137. The Labute approximate surface area is 129 Å². The Hall–Kier alpha value is -2.44. The fraction of sp³-hybridized carbons (Fsp3) is 0.467. The second-order valence-corrected chi connectivity index (χ2v) is 5.03. The van der Waals surface area contributed by atoms with Crippen LogP contribution < -0.4 is 14.8 Å². The van der Waals surface area contributed by atoms with E-state index in [2.05, 4.69) is 5.32 Å². The number of rotatable bonds is 7. The van der Waals surface area contributed by atoms with Gasteiger partial charge in [-0.15, -0.1) is 0 Å². The quantitative estimate of drug-likeness (QED) is 0.807. The van der Waals surface area contributed by atoms with Crippen LogP contribution in [0.4, 0.5) is 10.5 Å². The summed E-state index contributed by atoms with van der Waals surface area (Å²) in [5.41, 5.74) is 0.542. The standard InChI is InChI=1S/C15H22N2O5/c1-10(2)22-12-6-5-11(9-13(12)21-4)16-15(20)17(3)8-7-14(18)19/h5-6,9-10H,7-8H2,1-4H3,(H,16,20)(H,18,19). The Kier molecular flexibility index (Phi) is 6.49. The molecule has 0 saturated heterocycles. The minimum Gasteiger partial charge on any atom is -0.493 e. The van der Waals surface area contributed by atoms with Gasteiger partial charge >= 0.3 is 12.0 Å². The molecule has 22 heavy (non-hydrogen) atoms. The zero-order valence-electron chi connectivity index (χ0n) is 13.3. The van der Waals surface area contributed by atoms with Gasteiger partial charge in [-0.3, -0.25) is 4.79 Å². The van der Waals surface area contributed by atoms with Gasteiger partial charge < -0.3 is 24.8 Å². The predicted molar refractivity (Wildman–Crippen MR) is 82.7 cm³/mol. The third-order valence-corrected chi connectivity index (χ3v) is 2.79. The zero-order valence-corrected chi connectivity index (χ0v) is 13.3. The first-order valence-electron chi connectivity index (χ1n) is 6.92. The number of hydrogen-bond donors (Lipinski definition) is 2. The first-order chi connectivity index (χ1) is 10.3. The number of carbonyl (C=O) groups is 2. The van der Waals surface area contributed by atoms with Gasteiger partial charge in [0.2, 0.25) is 0 Å². The summed E-state index contributed by atoms with van der Waals surface area (Å²) in [6.07, 6.45) is -0.0921. The number of carboxylic acids is 1. The van der Waals surface area contributed by atoms with E-state index in [1.807, 2.05) is 13.8 Å². The number of anilines is 1. The molecule has 2 amide bonds. The number of nitrogens with zero attached hydrogens (tertiary/aromatic N) is 1. The molecule has 0 spiro atoms. The van der Waals surface area contributed by atoms with Crippen LogP contribution in [0.2, 0.25) is 0 Å². The van der Waals surface area contributed by atoms with Crippen molar-refractivity contribution in [3.05, 3.63) is 18.2 Å². The van der Waals surface area contributed by atoms with Gasteiger partial charge in [-0.25, -0.2) is 4.79 Å². The molecule has 1 aromatic rings. The molecule has 0 aromatic heterocycles. The number of nitrogens with one attached hydrogen (secondary N) is 1. The minimum atomic E-state index is -0.948. The largest absolute Gasteiger partial charge is 0.493 e. The number of urea groups is 1. The Morgan fingerprint density at radius 1 is 1.32 bits per heavy atom. The molecule has 2 N–H and O–H groups in total. The van der Waals surface area contributed by atoms with E-state index < -0.39 is 5.97 Å². The number of ether oxygens (including phenoxy) is 2. The highest BCUT2D eigenvalue weighted by atomic mass is 16.5. The number of amides is 2. The van der Waals surface area contributed by atoms with Gasteiger partial charge in [0.1, 0.15) is 0 Å². The van der Waals surface area contributed by atoms with Crippen molar-refractivity contribution in [2.45, 2.75) is 26.4 Å². The van der Waals surface area contributed by atoms with Crippen LogP contribution in [0.25, 0.3) is 0 Å². The van der Waals surface area contributed by atoms with E-state index in [-0.39, 0.29) is 25.1 Å². The molecule has 122 valence electrons. The summed E-state index contributed by atoms with van der Waals surface area (Å²) in [6.45, 7) is 3.95. The van der Waals surface area contributed by atoms with Crippen LogP contribution in [0.5, 0.6) is 11.5 Å². The summed E-state index contributed by atoms with van der Waals surface area (Å²) in [7, 11) is 3.05. The second-order valence-electron chi connectivity index (χ2n) is 5.03. The van der Waals surface area contributed by atoms with Crippen molar-refractivity contribution in [2.75, 3.05) is 26.0 Å². The Bertz CT molecular complexity index is 531. The van der Waals surface area contributed by atoms with Crippen molar-refractivity contribution < 1.29 is 24.2 Å². The molecular weight excluding hydrogens is 288 g/mol. The second kappa shape index (κ2) is 8.11. The lowest BCUT2D eigenvalue weighted by Crippen LogP contribution is -2.33. The normalized spacial score (nSPS) is 10.2. The molecule has 7 heteroatoms. The van der Waals surface area contributed by atoms with E-state index in [1.165, 1.54) is 19.1 Å². The molecule has 1 aromatic carbocycles. The van der Waals surface area contributed by atoms with E-state index in [0.717, 1.165) is 0 Å². The number of carbonyl (C=O) groups excluding carboxylic acids is 1. The van der Waals surface area contributed by atoms with Crippen molar-refractivity contribution in [3.8, 4) is 11.5 Å². The molecule has 0 saturated carbocycles.